The minimum absolute atomic E-state index is 0. The van der Waals surface area contributed by atoms with Crippen LogP contribution in [-0.4, -0.2) is 11.5 Å². The molecule has 0 saturated carbocycles. The molecule has 0 radical (unpaired) electrons. The maximum Gasteiger partial charge on any atom is 0.214 e. The van der Waals surface area contributed by atoms with Crippen molar-refractivity contribution in [1.29, 1.82) is 0 Å². The summed E-state index contributed by atoms with van der Waals surface area (Å²) in [6.45, 7) is 2.70. The summed E-state index contributed by atoms with van der Waals surface area (Å²) in [6, 6.07) is 4.67. The number of aromatic nitrogens is 1. The van der Waals surface area contributed by atoms with Gasteiger partial charge in [0.2, 0.25) is 5.95 Å². The number of hydrogen-bond donors (Lipinski definition) is 1. The first kappa shape index (κ1) is 6.99. The van der Waals surface area contributed by atoms with Crippen LogP contribution in [0.2, 0.25) is 0 Å². The monoisotopic (exact) mass is 142 g/mol. The van der Waals surface area contributed by atoms with Gasteiger partial charge in [0, 0.05) is 7.97 Å². The molecule has 56 valence electrons. The number of nitrogens with one attached hydrogen (secondary N) is 1. The van der Waals surface area contributed by atoms with Gasteiger partial charge in [-0.25, -0.2) is 4.98 Å². The maximum absolute atomic E-state index is 12.3. The summed E-state index contributed by atoms with van der Waals surface area (Å²) in [5, 5.41) is 2.90. The molecule has 0 unspecified atom stereocenters. The number of rotatable bonds is 2. The first-order valence-electron chi connectivity index (χ1n) is 3.19. The average molecular weight is 142 g/mol. The third kappa shape index (κ3) is 1.69. The standard InChI is InChI=1S/C7H9FN2.H2/c1-2-9-7-5-3-4-6(8)10-7;/h3-5H,2H2,1H3,(H,9,10);1H. The van der Waals surface area contributed by atoms with Crippen LogP contribution >= 0.6 is 0 Å². The summed E-state index contributed by atoms with van der Waals surface area (Å²) in [4.78, 5) is 3.59. The summed E-state index contributed by atoms with van der Waals surface area (Å²) in [6.07, 6.45) is 0. The molecule has 0 aromatic carbocycles. The molecule has 1 aromatic heterocycles. The lowest BCUT2D eigenvalue weighted by Gasteiger charge is -1.99. The smallest absolute Gasteiger partial charge is 0.214 e. The Kier molecular flexibility index (Phi) is 2.20. The Bertz CT molecular complexity index is 217. The third-order valence-corrected chi connectivity index (χ3v) is 1.07. The van der Waals surface area contributed by atoms with Crippen molar-refractivity contribution in [3.63, 3.8) is 0 Å². The molecule has 1 heterocycles. The number of halogens is 1. The number of pyridine rings is 1. The zero-order valence-corrected chi connectivity index (χ0v) is 5.76. The Morgan fingerprint density at radius 1 is 1.70 bits per heavy atom. The molecule has 1 N–H and O–H groups in total. The fourth-order valence-corrected chi connectivity index (χ4v) is 0.688. The van der Waals surface area contributed by atoms with Crippen LogP contribution in [-0.2, 0) is 0 Å². The quantitative estimate of drug-likeness (QED) is 0.638. The molecule has 0 spiro atoms. The van der Waals surface area contributed by atoms with E-state index in [1.165, 1.54) is 6.07 Å². The summed E-state index contributed by atoms with van der Waals surface area (Å²) in [5.74, 6) is 0.140. The zero-order chi connectivity index (χ0) is 7.40. The first-order valence-corrected chi connectivity index (χ1v) is 3.19. The van der Waals surface area contributed by atoms with Crippen LogP contribution in [0.3, 0.4) is 0 Å². The summed E-state index contributed by atoms with van der Waals surface area (Å²) >= 11 is 0. The Hall–Kier alpha value is -1.12. The lowest BCUT2D eigenvalue weighted by atomic mass is 10.4. The molecule has 2 nitrogen and oxygen atoms in total. The Balaban J connectivity index is 0.000001000. The lowest BCUT2D eigenvalue weighted by molar-refractivity contribution is 0.585. The van der Waals surface area contributed by atoms with Gasteiger partial charge in [-0.05, 0) is 19.1 Å². The molecule has 0 amide bonds. The average Bonchev–Trinajstić information content (AvgIpc) is 1.88. The van der Waals surface area contributed by atoms with Crippen LogP contribution in [0.15, 0.2) is 18.2 Å². The van der Waals surface area contributed by atoms with E-state index in [2.05, 4.69) is 10.3 Å². The Morgan fingerprint density at radius 3 is 3.10 bits per heavy atom. The van der Waals surface area contributed by atoms with Gasteiger partial charge in [-0.2, -0.15) is 4.39 Å². The third-order valence-electron chi connectivity index (χ3n) is 1.07. The van der Waals surface area contributed by atoms with E-state index in [-0.39, 0.29) is 1.43 Å². The second kappa shape index (κ2) is 3.15. The second-order valence-corrected chi connectivity index (χ2v) is 1.88. The Morgan fingerprint density at radius 2 is 2.50 bits per heavy atom. The number of hydrogen-bond acceptors (Lipinski definition) is 2. The minimum atomic E-state index is -0.446. The van der Waals surface area contributed by atoms with E-state index >= 15 is 0 Å². The SMILES string of the molecule is CCNc1cccc(F)n1.[HH]. The van der Waals surface area contributed by atoms with E-state index in [9.17, 15) is 4.39 Å². The van der Waals surface area contributed by atoms with Gasteiger partial charge in [0.05, 0.1) is 0 Å². The summed E-state index contributed by atoms with van der Waals surface area (Å²) < 4.78 is 12.3. The van der Waals surface area contributed by atoms with Gasteiger partial charge in [0.15, 0.2) is 0 Å². The van der Waals surface area contributed by atoms with Gasteiger partial charge >= 0.3 is 0 Å². The molecule has 1 aromatic rings. The van der Waals surface area contributed by atoms with Gasteiger partial charge in [-0.3, -0.25) is 0 Å². The Labute approximate surface area is 60.6 Å². The van der Waals surface area contributed by atoms with Gasteiger partial charge in [0.25, 0.3) is 0 Å². The van der Waals surface area contributed by atoms with E-state index in [1.54, 1.807) is 12.1 Å². The molecule has 3 heteroatoms. The van der Waals surface area contributed by atoms with Crippen LogP contribution in [0.5, 0.6) is 0 Å². The van der Waals surface area contributed by atoms with Crippen LogP contribution in [0, 0.1) is 5.95 Å². The zero-order valence-electron chi connectivity index (χ0n) is 5.76. The van der Waals surface area contributed by atoms with Crippen LogP contribution < -0.4 is 5.32 Å². The van der Waals surface area contributed by atoms with Crippen molar-refractivity contribution in [3.8, 4) is 0 Å². The van der Waals surface area contributed by atoms with E-state index in [1.807, 2.05) is 6.92 Å². The molecule has 0 aliphatic heterocycles. The molecular formula is C7H11FN2. The highest BCUT2D eigenvalue weighted by atomic mass is 19.1. The van der Waals surface area contributed by atoms with Gasteiger partial charge in [-0.15, -0.1) is 0 Å². The summed E-state index contributed by atoms with van der Waals surface area (Å²) in [7, 11) is 0. The molecule has 1 rings (SSSR count). The largest absolute Gasteiger partial charge is 0.370 e. The van der Waals surface area contributed by atoms with Crippen molar-refractivity contribution < 1.29 is 5.82 Å². The molecule has 0 atom stereocenters. The van der Waals surface area contributed by atoms with Crippen molar-refractivity contribution in [3.05, 3.63) is 24.1 Å². The van der Waals surface area contributed by atoms with E-state index in [0.717, 1.165) is 6.54 Å². The van der Waals surface area contributed by atoms with Crippen LogP contribution in [0.1, 0.15) is 8.35 Å². The van der Waals surface area contributed by atoms with Gasteiger partial charge in [-0.1, -0.05) is 6.07 Å². The van der Waals surface area contributed by atoms with E-state index in [0.29, 0.717) is 5.82 Å². The summed E-state index contributed by atoms with van der Waals surface area (Å²) in [5.41, 5.74) is 0. The van der Waals surface area contributed by atoms with Crippen molar-refractivity contribution >= 4 is 5.82 Å². The van der Waals surface area contributed by atoms with E-state index < -0.39 is 5.95 Å². The second-order valence-electron chi connectivity index (χ2n) is 1.88. The van der Waals surface area contributed by atoms with Crippen molar-refractivity contribution in [2.75, 3.05) is 11.9 Å². The predicted molar refractivity (Wildman–Crippen MR) is 40.5 cm³/mol. The molecule has 10 heavy (non-hydrogen) atoms. The van der Waals surface area contributed by atoms with Crippen molar-refractivity contribution in [1.82, 2.24) is 4.98 Å². The van der Waals surface area contributed by atoms with Gasteiger partial charge in [0.1, 0.15) is 5.82 Å². The van der Waals surface area contributed by atoms with E-state index in [4.69, 9.17) is 0 Å². The first-order chi connectivity index (χ1) is 4.83. The normalized spacial score (nSPS) is 9.40. The molecule has 0 fully saturated rings. The minimum Gasteiger partial charge on any atom is -0.370 e. The van der Waals surface area contributed by atoms with Crippen LogP contribution in [0.4, 0.5) is 10.2 Å². The highest BCUT2D eigenvalue weighted by Crippen LogP contribution is 2.01. The van der Waals surface area contributed by atoms with Crippen LogP contribution in [0.25, 0.3) is 0 Å². The number of nitrogens with zero attached hydrogens (tertiary/aromatic N) is 1. The van der Waals surface area contributed by atoms with Crippen molar-refractivity contribution in [2.45, 2.75) is 6.92 Å². The lowest BCUT2D eigenvalue weighted by Crippen LogP contribution is -1.99. The molecular weight excluding hydrogens is 131 g/mol. The molecule has 0 aliphatic rings. The van der Waals surface area contributed by atoms with Gasteiger partial charge < -0.3 is 5.32 Å². The molecule has 0 aliphatic carbocycles. The fraction of sp³-hybridized carbons (Fsp3) is 0.286. The predicted octanol–water partition coefficient (Wildman–Crippen LogP) is 1.90. The highest BCUT2D eigenvalue weighted by Gasteiger charge is 1.91. The van der Waals surface area contributed by atoms with Crippen molar-refractivity contribution in [2.24, 2.45) is 0 Å². The molecule has 0 bridgehead atoms. The fourth-order valence-electron chi connectivity index (χ4n) is 0.688. The maximum atomic E-state index is 12.3. The number of anilines is 1. The molecule has 0 saturated heterocycles. The topological polar surface area (TPSA) is 24.9 Å². The highest BCUT2D eigenvalue weighted by molar-refractivity contribution is 5.32.